The Kier molecular flexibility index (Phi) is 3.13. The van der Waals surface area contributed by atoms with Gasteiger partial charge in [-0.25, -0.2) is 4.98 Å². The molecule has 0 unspecified atom stereocenters. The molecule has 124 valence electrons. The van der Waals surface area contributed by atoms with Gasteiger partial charge in [0.1, 0.15) is 11.6 Å². The second kappa shape index (κ2) is 5.48. The lowest BCUT2D eigenvalue weighted by Crippen LogP contribution is -1.96. The highest BCUT2D eigenvalue weighted by atomic mass is 16.5. The summed E-state index contributed by atoms with van der Waals surface area (Å²) in [6.45, 7) is 1.02. The van der Waals surface area contributed by atoms with E-state index in [1.807, 2.05) is 18.3 Å². The zero-order valence-corrected chi connectivity index (χ0v) is 14.0. The first-order valence-electron chi connectivity index (χ1n) is 8.51. The van der Waals surface area contributed by atoms with Gasteiger partial charge >= 0.3 is 0 Å². The first-order chi connectivity index (χ1) is 12.3. The van der Waals surface area contributed by atoms with E-state index in [-0.39, 0.29) is 0 Å². The maximum Gasteiger partial charge on any atom is 0.119 e. The van der Waals surface area contributed by atoms with Gasteiger partial charge in [-0.2, -0.15) is 5.10 Å². The molecule has 0 saturated heterocycles. The summed E-state index contributed by atoms with van der Waals surface area (Å²) < 4.78 is 7.76. The van der Waals surface area contributed by atoms with Crippen LogP contribution in [-0.4, -0.2) is 26.9 Å². The Balaban J connectivity index is 1.74. The molecule has 5 rings (SSSR count). The van der Waals surface area contributed by atoms with Gasteiger partial charge in [-0.1, -0.05) is 18.2 Å². The lowest BCUT2D eigenvalue weighted by Gasteiger charge is -2.10. The normalized spacial score (nSPS) is 13.3. The fraction of sp³-hybridized carbons (Fsp3) is 0.200. The molecule has 0 fully saturated rings. The molecule has 25 heavy (non-hydrogen) atoms. The number of nitrogens with one attached hydrogen (secondary N) is 1. The van der Waals surface area contributed by atoms with Crippen molar-refractivity contribution in [1.29, 1.82) is 0 Å². The lowest BCUT2D eigenvalue weighted by molar-refractivity contribution is 0.415. The quantitative estimate of drug-likeness (QED) is 0.616. The second-order valence-electron chi connectivity index (χ2n) is 6.38. The lowest BCUT2D eigenvalue weighted by atomic mass is 10.0. The van der Waals surface area contributed by atoms with Gasteiger partial charge in [-0.3, -0.25) is 5.10 Å². The molecule has 2 aromatic carbocycles. The molecule has 0 amide bonds. The number of rotatable bonds is 3. The summed E-state index contributed by atoms with van der Waals surface area (Å²) in [5.41, 5.74) is 5.52. The Bertz CT molecular complexity index is 1080. The fourth-order valence-electron chi connectivity index (χ4n) is 3.68. The number of hydrogen-bond donors (Lipinski definition) is 1. The van der Waals surface area contributed by atoms with Gasteiger partial charge in [-0.15, -0.1) is 0 Å². The van der Waals surface area contributed by atoms with Gasteiger partial charge in [0, 0.05) is 29.5 Å². The standard InChI is InChI=1S/C20H18N4O/c1-25-16-5-2-4-13(11-16)19-20(24-9-3-6-18(24)22-19)14-7-8-17-15(10-14)12-21-23-17/h2,4-5,7-8,10-12H,3,6,9H2,1H3,(H,21,23). The summed E-state index contributed by atoms with van der Waals surface area (Å²) in [6.07, 6.45) is 4.05. The van der Waals surface area contributed by atoms with E-state index in [1.165, 1.54) is 17.1 Å². The van der Waals surface area contributed by atoms with Crippen molar-refractivity contribution in [2.75, 3.05) is 7.11 Å². The van der Waals surface area contributed by atoms with Crippen LogP contribution in [0.1, 0.15) is 12.2 Å². The number of nitrogens with zero attached hydrogens (tertiary/aromatic N) is 3. The molecular formula is C20H18N4O. The highest BCUT2D eigenvalue weighted by molar-refractivity contribution is 5.87. The van der Waals surface area contributed by atoms with Crippen LogP contribution in [0.4, 0.5) is 0 Å². The van der Waals surface area contributed by atoms with E-state index in [1.54, 1.807) is 7.11 Å². The highest BCUT2D eigenvalue weighted by Crippen LogP contribution is 2.37. The van der Waals surface area contributed by atoms with Crippen LogP contribution < -0.4 is 4.74 Å². The van der Waals surface area contributed by atoms with Crippen molar-refractivity contribution < 1.29 is 4.74 Å². The van der Waals surface area contributed by atoms with Crippen LogP contribution in [0.2, 0.25) is 0 Å². The third-order valence-corrected chi connectivity index (χ3v) is 4.89. The zero-order chi connectivity index (χ0) is 16.8. The predicted molar refractivity (Wildman–Crippen MR) is 97.6 cm³/mol. The monoisotopic (exact) mass is 330 g/mol. The van der Waals surface area contributed by atoms with Crippen molar-refractivity contribution in [1.82, 2.24) is 19.7 Å². The first-order valence-corrected chi connectivity index (χ1v) is 8.51. The van der Waals surface area contributed by atoms with Gasteiger partial charge in [0.2, 0.25) is 0 Å². The number of imidazole rings is 1. The van der Waals surface area contributed by atoms with Crippen LogP contribution in [0.15, 0.2) is 48.7 Å². The SMILES string of the molecule is COc1cccc(-c2nc3n(c2-c2ccc4[nH]ncc4c2)CCC3)c1. The summed E-state index contributed by atoms with van der Waals surface area (Å²) in [5.74, 6) is 2.02. The molecular weight excluding hydrogens is 312 g/mol. The van der Waals surface area contributed by atoms with Gasteiger partial charge in [0.05, 0.1) is 30.2 Å². The number of aromatic nitrogens is 4. The Morgan fingerprint density at radius 2 is 2.08 bits per heavy atom. The largest absolute Gasteiger partial charge is 0.497 e. The van der Waals surface area contributed by atoms with Crippen molar-refractivity contribution >= 4 is 10.9 Å². The third kappa shape index (κ3) is 2.23. The number of hydrogen-bond acceptors (Lipinski definition) is 3. The summed E-state index contributed by atoms with van der Waals surface area (Å²) in [7, 11) is 1.69. The van der Waals surface area contributed by atoms with Crippen molar-refractivity contribution in [3.05, 3.63) is 54.5 Å². The number of fused-ring (bicyclic) bond motifs is 2. The second-order valence-corrected chi connectivity index (χ2v) is 6.38. The number of H-pyrrole nitrogens is 1. The average molecular weight is 330 g/mol. The Morgan fingerprint density at radius 3 is 3.00 bits per heavy atom. The van der Waals surface area contributed by atoms with E-state index in [0.29, 0.717) is 0 Å². The van der Waals surface area contributed by atoms with Crippen molar-refractivity contribution in [2.45, 2.75) is 19.4 Å². The minimum atomic E-state index is 0.849. The number of benzene rings is 2. The molecule has 0 spiro atoms. The molecule has 1 aliphatic rings. The maximum atomic E-state index is 5.40. The molecule has 1 N–H and O–H groups in total. The summed E-state index contributed by atoms with van der Waals surface area (Å²) in [6, 6.07) is 14.5. The van der Waals surface area contributed by atoms with Crippen LogP contribution in [0.25, 0.3) is 33.4 Å². The van der Waals surface area contributed by atoms with Crippen molar-refractivity contribution in [3.63, 3.8) is 0 Å². The third-order valence-electron chi connectivity index (χ3n) is 4.89. The maximum absolute atomic E-state index is 5.40. The van der Waals surface area contributed by atoms with E-state index in [4.69, 9.17) is 9.72 Å². The molecule has 5 heteroatoms. The topological polar surface area (TPSA) is 55.7 Å². The minimum Gasteiger partial charge on any atom is -0.497 e. The number of aryl methyl sites for hydroxylation is 1. The van der Waals surface area contributed by atoms with Crippen LogP contribution in [0, 0.1) is 0 Å². The van der Waals surface area contributed by atoms with E-state index < -0.39 is 0 Å². The molecule has 3 heterocycles. The molecule has 2 aromatic heterocycles. The average Bonchev–Trinajstić information content (AvgIpc) is 3.36. The molecule has 0 atom stereocenters. The molecule has 0 radical (unpaired) electrons. The van der Waals surface area contributed by atoms with Crippen LogP contribution >= 0.6 is 0 Å². The zero-order valence-electron chi connectivity index (χ0n) is 14.0. The molecule has 5 nitrogen and oxygen atoms in total. The fourth-order valence-corrected chi connectivity index (χ4v) is 3.68. The molecule has 0 saturated carbocycles. The van der Waals surface area contributed by atoms with Crippen LogP contribution in [-0.2, 0) is 13.0 Å². The molecule has 1 aliphatic heterocycles. The van der Waals surface area contributed by atoms with E-state index >= 15 is 0 Å². The van der Waals surface area contributed by atoms with E-state index in [0.717, 1.165) is 47.3 Å². The number of aromatic amines is 1. The highest BCUT2D eigenvalue weighted by Gasteiger charge is 2.23. The summed E-state index contributed by atoms with van der Waals surface area (Å²) in [4.78, 5) is 4.96. The van der Waals surface area contributed by atoms with Crippen LogP contribution in [0.5, 0.6) is 5.75 Å². The predicted octanol–water partition coefficient (Wildman–Crippen LogP) is 4.05. The number of methoxy groups -OCH3 is 1. The Hall–Kier alpha value is -3.08. The van der Waals surface area contributed by atoms with Gasteiger partial charge in [0.25, 0.3) is 0 Å². The van der Waals surface area contributed by atoms with Gasteiger partial charge < -0.3 is 9.30 Å². The molecule has 0 bridgehead atoms. The van der Waals surface area contributed by atoms with E-state index in [9.17, 15) is 0 Å². The van der Waals surface area contributed by atoms with E-state index in [2.05, 4.69) is 45.1 Å². The van der Waals surface area contributed by atoms with Crippen molar-refractivity contribution in [3.8, 4) is 28.3 Å². The number of ether oxygens (including phenoxy) is 1. The molecule has 0 aliphatic carbocycles. The smallest absolute Gasteiger partial charge is 0.119 e. The molecule has 4 aromatic rings. The van der Waals surface area contributed by atoms with Gasteiger partial charge in [-0.05, 0) is 30.7 Å². The van der Waals surface area contributed by atoms with Crippen LogP contribution in [0.3, 0.4) is 0 Å². The Labute approximate surface area is 145 Å². The van der Waals surface area contributed by atoms with Gasteiger partial charge in [0.15, 0.2) is 0 Å². The Morgan fingerprint density at radius 1 is 1.12 bits per heavy atom. The minimum absolute atomic E-state index is 0.849. The van der Waals surface area contributed by atoms with Crippen molar-refractivity contribution in [2.24, 2.45) is 0 Å². The first kappa shape index (κ1) is 14.3. The summed E-state index contributed by atoms with van der Waals surface area (Å²) in [5, 5.41) is 8.27. The summed E-state index contributed by atoms with van der Waals surface area (Å²) >= 11 is 0.